The molecule has 0 saturated carbocycles. The normalized spacial score (nSPS) is 11.1. The molecule has 0 amide bonds. The molecule has 0 aliphatic rings. The van der Waals surface area contributed by atoms with Crippen molar-refractivity contribution in [2.24, 2.45) is 0 Å². The number of aryl methyl sites for hydroxylation is 2. The Labute approximate surface area is 113 Å². The molecule has 0 aliphatic heterocycles. The first kappa shape index (κ1) is 12.0. The zero-order valence-corrected chi connectivity index (χ0v) is 11.4. The highest BCUT2D eigenvalue weighted by atomic mass is 16.3. The Morgan fingerprint density at radius 1 is 0.947 bits per heavy atom. The van der Waals surface area contributed by atoms with Crippen molar-refractivity contribution >= 4 is 11.0 Å². The van der Waals surface area contributed by atoms with E-state index in [2.05, 4.69) is 55.5 Å². The van der Waals surface area contributed by atoms with E-state index in [1.165, 1.54) is 22.1 Å². The number of rotatable bonds is 3. The van der Waals surface area contributed by atoms with Gasteiger partial charge in [-0.3, -0.25) is 0 Å². The summed E-state index contributed by atoms with van der Waals surface area (Å²) in [4.78, 5) is 0. The molecule has 0 N–H and O–H groups in total. The van der Waals surface area contributed by atoms with E-state index in [-0.39, 0.29) is 0 Å². The zero-order valence-electron chi connectivity index (χ0n) is 11.4. The lowest BCUT2D eigenvalue weighted by Crippen LogP contribution is -1.89. The molecule has 0 spiro atoms. The average molecular weight is 250 g/mol. The van der Waals surface area contributed by atoms with E-state index in [0.29, 0.717) is 0 Å². The van der Waals surface area contributed by atoms with Gasteiger partial charge in [-0.25, -0.2) is 0 Å². The highest BCUT2D eigenvalue weighted by Gasteiger charge is 2.06. The molecular weight excluding hydrogens is 232 g/mol. The maximum Gasteiger partial charge on any atom is 0.137 e. The van der Waals surface area contributed by atoms with Crippen LogP contribution in [-0.2, 0) is 12.8 Å². The second-order valence-corrected chi connectivity index (χ2v) is 5.04. The van der Waals surface area contributed by atoms with Crippen molar-refractivity contribution in [3.05, 3.63) is 71.0 Å². The highest BCUT2D eigenvalue weighted by molar-refractivity contribution is 5.81. The van der Waals surface area contributed by atoms with Gasteiger partial charge in [-0.05, 0) is 36.1 Å². The van der Waals surface area contributed by atoms with Crippen molar-refractivity contribution in [1.29, 1.82) is 0 Å². The smallest absolute Gasteiger partial charge is 0.137 e. The topological polar surface area (TPSA) is 13.1 Å². The van der Waals surface area contributed by atoms with Gasteiger partial charge in [0.1, 0.15) is 11.3 Å². The number of hydrogen-bond acceptors (Lipinski definition) is 1. The lowest BCUT2D eigenvalue weighted by atomic mass is 10.0. The molecule has 3 rings (SSSR count). The van der Waals surface area contributed by atoms with Crippen molar-refractivity contribution in [1.82, 2.24) is 0 Å². The molecule has 0 unspecified atom stereocenters. The summed E-state index contributed by atoms with van der Waals surface area (Å²) in [5.41, 5.74) is 5.00. The number of fused-ring (bicyclic) bond motifs is 1. The maximum atomic E-state index is 5.82. The first-order valence-electron chi connectivity index (χ1n) is 6.82. The molecule has 19 heavy (non-hydrogen) atoms. The van der Waals surface area contributed by atoms with E-state index in [1.54, 1.807) is 0 Å². The van der Waals surface area contributed by atoms with Crippen molar-refractivity contribution < 1.29 is 4.42 Å². The number of furan rings is 1. The van der Waals surface area contributed by atoms with Crippen LogP contribution in [0.15, 0.2) is 52.9 Å². The lowest BCUT2D eigenvalue weighted by Gasteiger charge is -2.04. The minimum atomic E-state index is 0.925. The van der Waals surface area contributed by atoms with Gasteiger partial charge >= 0.3 is 0 Å². The Morgan fingerprint density at radius 3 is 2.42 bits per heavy atom. The molecular formula is C18H18O. The van der Waals surface area contributed by atoms with Crippen molar-refractivity contribution in [3.8, 4) is 0 Å². The van der Waals surface area contributed by atoms with Gasteiger partial charge in [0, 0.05) is 11.8 Å². The van der Waals surface area contributed by atoms with E-state index in [9.17, 15) is 0 Å². The standard InChI is InChI=1S/C18H18O/c1-3-14-7-9-15(10-8-14)12-17-6-4-5-16-11-13(2)19-18(16)17/h4-11H,3,12H2,1-2H3. The van der Waals surface area contributed by atoms with E-state index < -0.39 is 0 Å². The maximum absolute atomic E-state index is 5.82. The average Bonchev–Trinajstić information content (AvgIpc) is 2.81. The molecule has 0 bridgehead atoms. The Hall–Kier alpha value is -2.02. The summed E-state index contributed by atoms with van der Waals surface area (Å²) in [5.74, 6) is 0.976. The third-order valence-electron chi connectivity index (χ3n) is 3.57. The summed E-state index contributed by atoms with van der Waals surface area (Å²) in [6.07, 6.45) is 2.02. The lowest BCUT2D eigenvalue weighted by molar-refractivity contribution is 0.575. The summed E-state index contributed by atoms with van der Waals surface area (Å²) in [6, 6.07) is 17.3. The van der Waals surface area contributed by atoms with Gasteiger partial charge in [-0.15, -0.1) is 0 Å². The number of benzene rings is 2. The SMILES string of the molecule is CCc1ccc(Cc2cccc3cc(C)oc23)cc1. The van der Waals surface area contributed by atoms with Gasteiger partial charge in [0.05, 0.1) is 0 Å². The van der Waals surface area contributed by atoms with Crippen LogP contribution in [0.2, 0.25) is 0 Å². The molecule has 0 aliphatic carbocycles. The van der Waals surface area contributed by atoms with E-state index >= 15 is 0 Å². The van der Waals surface area contributed by atoms with Crippen molar-refractivity contribution in [3.63, 3.8) is 0 Å². The third kappa shape index (κ3) is 2.41. The van der Waals surface area contributed by atoms with Gasteiger partial charge in [0.2, 0.25) is 0 Å². The fraction of sp³-hybridized carbons (Fsp3) is 0.222. The van der Waals surface area contributed by atoms with Crippen LogP contribution in [0.5, 0.6) is 0 Å². The molecule has 0 fully saturated rings. The van der Waals surface area contributed by atoms with Crippen molar-refractivity contribution in [2.75, 3.05) is 0 Å². The van der Waals surface area contributed by atoms with Gasteiger partial charge < -0.3 is 4.42 Å². The summed E-state index contributed by atoms with van der Waals surface area (Å²) < 4.78 is 5.82. The monoisotopic (exact) mass is 250 g/mol. The molecule has 1 nitrogen and oxygen atoms in total. The Bertz CT molecular complexity index is 689. The summed E-state index contributed by atoms with van der Waals surface area (Å²) >= 11 is 0. The molecule has 0 radical (unpaired) electrons. The van der Waals surface area contributed by atoms with E-state index in [4.69, 9.17) is 4.42 Å². The summed E-state index contributed by atoms with van der Waals surface area (Å²) in [5, 5.41) is 1.19. The van der Waals surface area contributed by atoms with Crippen LogP contribution in [0.1, 0.15) is 29.4 Å². The molecule has 0 saturated heterocycles. The minimum Gasteiger partial charge on any atom is -0.461 e. The minimum absolute atomic E-state index is 0.925. The fourth-order valence-electron chi connectivity index (χ4n) is 2.50. The van der Waals surface area contributed by atoms with Crippen LogP contribution >= 0.6 is 0 Å². The van der Waals surface area contributed by atoms with Gasteiger partial charge in [-0.1, -0.05) is 49.4 Å². The second kappa shape index (κ2) is 4.93. The first-order valence-corrected chi connectivity index (χ1v) is 6.82. The zero-order chi connectivity index (χ0) is 13.2. The summed E-state index contributed by atoms with van der Waals surface area (Å²) in [6.45, 7) is 4.18. The van der Waals surface area contributed by atoms with Crippen LogP contribution in [0.25, 0.3) is 11.0 Å². The number of para-hydroxylation sites is 1. The van der Waals surface area contributed by atoms with Crippen LogP contribution in [0.3, 0.4) is 0 Å². The molecule has 3 aromatic rings. The number of hydrogen-bond donors (Lipinski definition) is 0. The molecule has 2 aromatic carbocycles. The first-order chi connectivity index (χ1) is 9.26. The fourth-order valence-corrected chi connectivity index (χ4v) is 2.50. The van der Waals surface area contributed by atoms with Gasteiger partial charge in [-0.2, -0.15) is 0 Å². The molecule has 1 aromatic heterocycles. The molecule has 96 valence electrons. The predicted molar refractivity (Wildman–Crippen MR) is 79.6 cm³/mol. The quantitative estimate of drug-likeness (QED) is 0.644. The van der Waals surface area contributed by atoms with Crippen LogP contribution < -0.4 is 0 Å². The van der Waals surface area contributed by atoms with Crippen LogP contribution in [-0.4, -0.2) is 0 Å². The van der Waals surface area contributed by atoms with E-state index in [0.717, 1.165) is 24.2 Å². The largest absolute Gasteiger partial charge is 0.461 e. The van der Waals surface area contributed by atoms with Gasteiger partial charge in [0.15, 0.2) is 0 Å². The molecule has 0 atom stereocenters. The van der Waals surface area contributed by atoms with Crippen molar-refractivity contribution in [2.45, 2.75) is 26.7 Å². The predicted octanol–water partition coefficient (Wildman–Crippen LogP) is 4.89. The van der Waals surface area contributed by atoms with E-state index in [1.807, 2.05) is 6.92 Å². The highest BCUT2D eigenvalue weighted by Crippen LogP contribution is 2.24. The molecule has 1 heteroatoms. The Kier molecular flexibility index (Phi) is 3.12. The Morgan fingerprint density at radius 2 is 1.68 bits per heavy atom. The van der Waals surface area contributed by atoms with Crippen LogP contribution in [0, 0.1) is 6.92 Å². The van der Waals surface area contributed by atoms with Gasteiger partial charge in [0.25, 0.3) is 0 Å². The van der Waals surface area contributed by atoms with Crippen LogP contribution in [0.4, 0.5) is 0 Å². The summed E-state index contributed by atoms with van der Waals surface area (Å²) in [7, 11) is 0. The Balaban J connectivity index is 1.95. The molecule has 1 heterocycles. The third-order valence-corrected chi connectivity index (χ3v) is 3.57. The second-order valence-electron chi connectivity index (χ2n) is 5.04.